The number of aromatic nitrogens is 2. The van der Waals surface area contributed by atoms with E-state index in [9.17, 15) is 5.26 Å². The fourth-order valence-electron chi connectivity index (χ4n) is 1.91. The SMILES string of the molecule is C[C@@H](CN=CN=CN)Oc1cc(-c2cnc(N)nc2)ccc1C#N. The fourth-order valence-corrected chi connectivity index (χ4v) is 1.91. The molecule has 0 bridgehead atoms. The summed E-state index contributed by atoms with van der Waals surface area (Å²) in [5, 5.41) is 9.24. The van der Waals surface area contributed by atoms with Crippen LogP contribution in [0.4, 0.5) is 5.95 Å². The first-order valence-corrected chi connectivity index (χ1v) is 7.14. The highest BCUT2D eigenvalue weighted by Gasteiger charge is 2.10. The Balaban J connectivity index is 2.20. The van der Waals surface area contributed by atoms with E-state index in [-0.39, 0.29) is 12.1 Å². The summed E-state index contributed by atoms with van der Waals surface area (Å²) in [6.45, 7) is 2.24. The standard InChI is InChI=1S/C16H17N7O/c1-11(6-20-10-21-9-18)24-15-4-12(2-3-13(15)5-17)14-7-22-16(19)23-8-14/h2-4,7-11H,6H2,1H3,(H2,18,20,21)(H2,19,22,23)/t11-/m0/s1. The van der Waals surface area contributed by atoms with E-state index < -0.39 is 0 Å². The smallest absolute Gasteiger partial charge is 0.219 e. The van der Waals surface area contributed by atoms with Gasteiger partial charge in [0.25, 0.3) is 0 Å². The molecule has 8 heteroatoms. The fraction of sp³-hybridized carbons (Fsp3) is 0.188. The zero-order chi connectivity index (χ0) is 17.4. The Kier molecular flexibility index (Phi) is 5.80. The Morgan fingerprint density at radius 2 is 2.08 bits per heavy atom. The summed E-state index contributed by atoms with van der Waals surface area (Å²) < 4.78 is 5.82. The van der Waals surface area contributed by atoms with Crippen molar-refractivity contribution in [1.82, 2.24) is 9.97 Å². The van der Waals surface area contributed by atoms with Gasteiger partial charge in [-0.05, 0) is 24.6 Å². The molecule has 0 spiro atoms. The normalized spacial score (nSPS) is 12.3. The Labute approximate surface area is 139 Å². The molecule has 0 unspecified atom stereocenters. The summed E-state index contributed by atoms with van der Waals surface area (Å²) in [4.78, 5) is 15.7. The number of nitriles is 1. The van der Waals surface area contributed by atoms with E-state index in [0.717, 1.165) is 17.5 Å². The van der Waals surface area contributed by atoms with Gasteiger partial charge in [0.15, 0.2) is 0 Å². The van der Waals surface area contributed by atoms with Gasteiger partial charge in [-0.3, -0.25) is 4.99 Å². The van der Waals surface area contributed by atoms with Crippen LogP contribution in [0.25, 0.3) is 11.1 Å². The van der Waals surface area contributed by atoms with Crippen molar-refractivity contribution in [2.45, 2.75) is 13.0 Å². The summed E-state index contributed by atoms with van der Waals surface area (Å²) in [7, 11) is 0. The van der Waals surface area contributed by atoms with Crippen LogP contribution in [0.3, 0.4) is 0 Å². The molecule has 8 nitrogen and oxygen atoms in total. The predicted molar refractivity (Wildman–Crippen MR) is 92.7 cm³/mol. The molecule has 2 rings (SSSR count). The average Bonchev–Trinajstić information content (AvgIpc) is 2.59. The van der Waals surface area contributed by atoms with E-state index in [0.29, 0.717) is 17.9 Å². The van der Waals surface area contributed by atoms with E-state index >= 15 is 0 Å². The van der Waals surface area contributed by atoms with Crippen molar-refractivity contribution in [1.29, 1.82) is 5.26 Å². The molecule has 0 radical (unpaired) electrons. The van der Waals surface area contributed by atoms with Crippen LogP contribution in [0.2, 0.25) is 0 Å². The first kappa shape index (κ1) is 16.9. The highest BCUT2D eigenvalue weighted by Crippen LogP contribution is 2.27. The molecule has 0 aliphatic rings. The highest BCUT2D eigenvalue weighted by molar-refractivity contribution is 5.69. The monoisotopic (exact) mass is 323 g/mol. The summed E-state index contributed by atoms with van der Waals surface area (Å²) in [6.07, 6.45) is 5.51. The number of nitrogens with two attached hydrogens (primary N) is 2. The molecule has 2 aromatic rings. The molecule has 1 heterocycles. The van der Waals surface area contributed by atoms with Crippen molar-refractivity contribution in [3.63, 3.8) is 0 Å². The Hall–Kier alpha value is -3.47. The second kappa shape index (κ2) is 8.24. The molecule has 0 amide bonds. The van der Waals surface area contributed by atoms with Crippen LogP contribution in [0.1, 0.15) is 12.5 Å². The van der Waals surface area contributed by atoms with Crippen LogP contribution in [-0.4, -0.2) is 35.3 Å². The molecule has 0 aliphatic carbocycles. The molecule has 0 aliphatic heterocycles. The minimum absolute atomic E-state index is 0.204. The van der Waals surface area contributed by atoms with Gasteiger partial charge in [-0.15, -0.1) is 0 Å². The molecule has 0 saturated heterocycles. The number of hydrogen-bond acceptors (Lipinski definition) is 6. The van der Waals surface area contributed by atoms with Gasteiger partial charge in [-0.25, -0.2) is 15.0 Å². The van der Waals surface area contributed by atoms with Crippen LogP contribution in [0.5, 0.6) is 5.75 Å². The number of anilines is 1. The minimum atomic E-state index is -0.237. The lowest BCUT2D eigenvalue weighted by molar-refractivity contribution is 0.230. The number of hydrogen-bond donors (Lipinski definition) is 2. The third-order valence-electron chi connectivity index (χ3n) is 3.03. The summed E-state index contributed by atoms with van der Waals surface area (Å²) in [6, 6.07) is 7.37. The van der Waals surface area contributed by atoms with Crippen LogP contribution < -0.4 is 16.2 Å². The Morgan fingerprint density at radius 3 is 2.75 bits per heavy atom. The van der Waals surface area contributed by atoms with Crippen molar-refractivity contribution in [3.8, 4) is 22.9 Å². The molecule has 0 fully saturated rings. The van der Waals surface area contributed by atoms with E-state index in [1.165, 1.54) is 6.34 Å². The van der Waals surface area contributed by atoms with Crippen molar-refractivity contribution in [2.24, 2.45) is 15.7 Å². The second-order valence-corrected chi connectivity index (χ2v) is 4.86. The number of aliphatic imine (C=N–C) groups is 2. The van der Waals surface area contributed by atoms with E-state index in [1.807, 2.05) is 6.92 Å². The molecule has 1 aromatic carbocycles. The van der Waals surface area contributed by atoms with Crippen LogP contribution >= 0.6 is 0 Å². The molecule has 122 valence electrons. The van der Waals surface area contributed by atoms with Crippen LogP contribution in [0, 0.1) is 11.3 Å². The lowest BCUT2D eigenvalue weighted by atomic mass is 10.1. The number of ether oxygens (including phenoxy) is 1. The Morgan fingerprint density at radius 1 is 1.33 bits per heavy atom. The van der Waals surface area contributed by atoms with Crippen LogP contribution in [0.15, 0.2) is 40.6 Å². The maximum atomic E-state index is 9.24. The summed E-state index contributed by atoms with van der Waals surface area (Å²) in [5.74, 6) is 0.673. The highest BCUT2D eigenvalue weighted by atomic mass is 16.5. The van der Waals surface area contributed by atoms with Gasteiger partial charge in [0.1, 0.15) is 24.3 Å². The molecule has 0 saturated carbocycles. The quantitative estimate of drug-likeness (QED) is 0.609. The predicted octanol–water partition coefficient (Wildman–Crippen LogP) is 1.38. The zero-order valence-electron chi connectivity index (χ0n) is 13.1. The molecule has 1 aromatic heterocycles. The van der Waals surface area contributed by atoms with Gasteiger partial charge in [-0.2, -0.15) is 5.26 Å². The number of rotatable bonds is 6. The van der Waals surface area contributed by atoms with Gasteiger partial charge >= 0.3 is 0 Å². The Bertz CT molecular complexity index is 778. The molecule has 24 heavy (non-hydrogen) atoms. The third-order valence-corrected chi connectivity index (χ3v) is 3.03. The van der Waals surface area contributed by atoms with Gasteiger partial charge in [0.2, 0.25) is 5.95 Å². The average molecular weight is 323 g/mol. The van der Waals surface area contributed by atoms with Crippen molar-refractivity contribution >= 4 is 18.6 Å². The minimum Gasteiger partial charge on any atom is -0.487 e. The number of nitrogens with zero attached hydrogens (tertiary/aromatic N) is 5. The van der Waals surface area contributed by atoms with Gasteiger partial charge in [0, 0.05) is 18.0 Å². The second-order valence-electron chi connectivity index (χ2n) is 4.86. The van der Waals surface area contributed by atoms with Crippen molar-refractivity contribution in [3.05, 3.63) is 36.2 Å². The van der Waals surface area contributed by atoms with Crippen molar-refractivity contribution < 1.29 is 4.74 Å². The molecular formula is C16H17N7O. The van der Waals surface area contributed by atoms with Gasteiger partial charge in [0.05, 0.1) is 18.4 Å². The van der Waals surface area contributed by atoms with Gasteiger partial charge in [-0.1, -0.05) is 6.07 Å². The molecule has 4 N–H and O–H groups in total. The largest absolute Gasteiger partial charge is 0.487 e. The first-order valence-electron chi connectivity index (χ1n) is 7.14. The lowest BCUT2D eigenvalue weighted by Gasteiger charge is -2.14. The summed E-state index contributed by atoms with van der Waals surface area (Å²) >= 11 is 0. The molecular weight excluding hydrogens is 306 g/mol. The third kappa shape index (κ3) is 4.51. The van der Waals surface area contributed by atoms with E-state index in [4.69, 9.17) is 16.2 Å². The topological polar surface area (TPSA) is 136 Å². The first-order chi connectivity index (χ1) is 11.6. The number of benzene rings is 1. The van der Waals surface area contributed by atoms with Gasteiger partial charge < -0.3 is 16.2 Å². The summed E-state index contributed by atoms with van der Waals surface area (Å²) in [5.41, 5.74) is 12.7. The van der Waals surface area contributed by atoms with Crippen molar-refractivity contribution in [2.75, 3.05) is 12.3 Å². The lowest BCUT2D eigenvalue weighted by Crippen LogP contribution is -2.16. The number of nitrogen functional groups attached to an aromatic ring is 1. The zero-order valence-corrected chi connectivity index (χ0v) is 13.1. The van der Waals surface area contributed by atoms with Crippen LogP contribution in [-0.2, 0) is 0 Å². The maximum absolute atomic E-state index is 9.24. The van der Waals surface area contributed by atoms with E-state index in [2.05, 4.69) is 26.0 Å². The molecule has 1 atom stereocenters. The maximum Gasteiger partial charge on any atom is 0.219 e. The van der Waals surface area contributed by atoms with E-state index in [1.54, 1.807) is 30.6 Å².